The van der Waals surface area contributed by atoms with E-state index in [9.17, 15) is 14.4 Å². The predicted molar refractivity (Wildman–Crippen MR) is 140 cm³/mol. The van der Waals surface area contributed by atoms with Crippen LogP contribution in [-0.2, 0) is 28.6 Å². The molecule has 2 amide bonds. The summed E-state index contributed by atoms with van der Waals surface area (Å²) in [6.45, 7) is 6.62. The number of ether oxygens (including phenoxy) is 3. The van der Waals surface area contributed by atoms with E-state index in [2.05, 4.69) is 0 Å². The van der Waals surface area contributed by atoms with Crippen molar-refractivity contribution >= 4 is 41.3 Å². The number of thioether (sulfide) groups is 2. The molecular formula is C27H31NO6S2. The van der Waals surface area contributed by atoms with Crippen LogP contribution in [0.5, 0.6) is 0 Å². The minimum absolute atomic E-state index is 0.146. The zero-order chi connectivity index (χ0) is 26.0. The van der Waals surface area contributed by atoms with E-state index in [0.29, 0.717) is 16.4 Å². The first-order chi connectivity index (χ1) is 17.2. The van der Waals surface area contributed by atoms with Gasteiger partial charge in [-0.2, -0.15) is 0 Å². The van der Waals surface area contributed by atoms with E-state index in [1.807, 2.05) is 81.4 Å². The lowest BCUT2D eigenvalue weighted by molar-refractivity contribution is -0.156. The van der Waals surface area contributed by atoms with Gasteiger partial charge >= 0.3 is 5.97 Å². The Kier molecular flexibility index (Phi) is 10.6. The Bertz CT molecular complexity index is 1000. The second-order valence-corrected chi connectivity index (χ2v) is 11.0. The molecule has 1 heterocycles. The van der Waals surface area contributed by atoms with Crippen LogP contribution >= 0.6 is 23.5 Å². The van der Waals surface area contributed by atoms with Crippen LogP contribution in [0.25, 0.3) is 0 Å². The van der Waals surface area contributed by atoms with Crippen molar-refractivity contribution in [3.8, 4) is 0 Å². The molecule has 0 aliphatic carbocycles. The predicted octanol–water partition coefficient (Wildman–Crippen LogP) is 4.92. The molecule has 9 heteroatoms. The third kappa shape index (κ3) is 8.81. The number of carbonyl (C=O) groups is 3. The van der Waals surface area contributed by atoms with Crippen LogP contribution < -0.4 is 0 Å². The molecule has 0 saturated heterocycles. The fourth-order valence-electron chi connectivity index (χ4n) is 3.15. The molecule has 0 radical (unpaired) electrons. The van der Waals surface area contributed by atoms with Crippen LogP contribution in [-0.4, -0.2) is 61.3 Å². The molecular weight excluding hydrogens is 498 g/mol. The Labute approximate surface area is 220 Å². The van der Waals surface area contributed by atoms with Crippen molar-refractivity contribution in [1.82, 2.24) is 4.90 Å². The number of carbonyl (C=O) groups excluding carboxylic acids is 3. The second-order valence-electron chi connectivity index (χ2n) is 8.81. The Morgan fingerprint density at radius 2 is 1.22 bits per heavy atom. The summed E-state index contributed by atoms with van der Waals surface area (Å²) in [5.41, 5.74) is -0.515. The van der Waals surface area contributed by atoms with E-state index in [0.717, 1.165) is 9.79 Å². The normalized spacial score (nSPS) is 14.0. The van der Waals surface area contributed by atoms with Crippen LogP contribution in [0.15, 0.2) is 80.3 Å². The lowest BCUT2D eigenvalue weighted by atomic mass is 10.2. The summed E-state index contributed by atoms with van der Waals surface area (Å²) in [4.78, 5) is 41.9. The summed E-state index contributed by atoms with van der Waals surface area (Å²) >= 11 is 2.60. The third-order valence-corrected chi connectivity index (χ3v) is 7.02. The number of esters is 1. The van der Waals surface area contributed by atoms with Gasteiger partial charge in [0, 0.05) is 9.79 Å². The minimum Gasteiger partial charge on any atom is -0.460 e. The molecule has 0 N–H and O–H groups in total. The zero-order valence-corrected chi connectivity index (χ0v) is 22.4. The van der Waals surface area contributed by atoms with Crippen LogP contribution in [0.3, 0.4) is 0 Å². The van der Waals surface area contributed by atoms with Gasteiger partial charge < -0.3 is 14.2 Å². The number of rotatable bonds is 13. The Morgan fingerprint density at radius 3 is 1.69 bits per heavy atom. The van der Waals surface area contributed by atoms with E-state index in [1.165, 1.54) is 28.4 Å². The standard InChI is InChI=1S/C27H31NO6S2/c1-27(2,3)34-22(29)14-16-32-18-19-33-17-15-28-25(30)23(35-20-10-6-4-7-11-20)24(26(28)31)36-21-12-8-5-9-13-21/h4-13H,14-19H2,1-3H3. The topological polar surface area (TPSA) is 82.1 Å². The summed E-state index contributed by atoms with van der Waals surface area (Å²) in [5.74, 6) is -0.940. The molecule has 1 aliphatic heterocycles. The SMILES string of the molecule is CC(C)(C)OC(=O)CCOCCOCCN1C(=O)C(Sc2ccccc2)=C(Sc2ccccc2)C1=O. The summed E-state index contributed by atoms with van der Waals surface area (Å²) in [7, 11) is 0. The molecule has 36 heavy (non-hydrogen) atoms. The van der Waals surface area contributed by atoms with Gasteiger partial charge in [-0.15, -0.1) is 0 Å². The van der Waals surface area contributed by atoms with Gasteiger partial charge in [-0.3, -0.25) is 19.3 Å². The minimum atomic E-state index is -0.515. The lowest BCUT2D eigenvalue weighted by Crippen LogP contribution is -2.34. The number of hydrogen-bond donors (Lipinski definition) is 0. The highest BCUT2D eigenvalue weighted by atomic mass is 32.2. The van der Waals surface area contributed by atoms with Crippen molar-refractivity contribution in [3.05, 3.63) is 70.5 Å². The van der Waals surface area contributed by atoms with Gasteiger partial charge in [-0.1, -0.05) is 59.9 Å². The van der Waals surface area contributed by atoms with Crippen molar-refractivity contribution in [2.24, 2.45) is 0 Å². The molecule has 0 spiro atoms. The Balaban J connectivity index is 1.48. The Morgan fingerprint density at radius 1 is 0.750 bits per heavy atom. The van der Waals surface area contributed by atoms with E-state index in [-0.39, 0.29) is 50.6 Å². The number of imide groups is 1. The average molecular weight is 530 g/mol. The maximum absolute atomic E-state index is 13.2. The van der Waals surface area contributed by atoms with Gasteiger partial charge in [-0.05, 0) is 45.0 Å². The first-order valence-corrected chi connectivity index (χ1v) is 13.3. The number of benzene rings is 2. The van der Waals surface area contributed by atoms with Crippen LogP contribution in [0, 0.1) is 0 Å². The molecule has 3 rings (SSSR count). The fraction of sp³-hybridized carbons (Fsp3) is 0.370. The zero-order valence-electron chi connectivity index (χ0n) is 20.7. The molecule has 0 saturated carbocycles. The highest BCUT2D eigenvalue weighted by Gasteiger charge is 2.39. The van der Waals surface area contributed by atoms with Crippen LogP contribution in [0.2, 0.25) is 0 Å². The molecule has 192 valence electrons. The van der Waals surface area contributed by atoms with Gasteiger partial charge in [0.05, 0.1) is 49.2 Å². The lowest BCUT2D eigenvalue weighted by Gasteiger charge is -2.19. The summed E-state index contributed by atoms with van der Waals surface area (Å²) in [6.07, 6.45) is 0.170. The molecule has 2 aromatic rings. The van der Waals surface area contributed by atoms with Gasteiger partial charge in [0.2, 0.25) is 0 Å². The first kappa shape index (κ1) is 28.0. The van der Waals surface area contributed by atoms with Gasteiger partial charge in [0.1, 0.15) is 5.60 Å². The number of amides is 2. The van der Waals surface area contributed by atoms with E-state index in [4.69, 9.17) is 14.2 Å². The monoisotopic (exact) mass is 529 g/mol. The number of nitrogens with zero attached hydrogens (tertiary/aromatic N) is 1. The highest BCUT2D eigenvalue weighted by molar-refractivity contribution is 8.08. The number of hydrogen-bond acceptors (Lipinski definition) is 8. The van der Waals surface area contributed by atoms with Crippen molar-refractivity contribution in [3.63, 3.8) is 0 Å². The van der Waals surface area contributed by atoms with E-state index >= 15 is 0 Å². The van der Waals surface area contributed by atoms with Crippen molar-refractivity contribution in [1.29, 1.82) is 0 Å². The molecule has 0 atom stereocenters. The first-order valence-electron chi connectivity index (χ1n) is 11.7. The smallest absolute Gasteiger partial charge is 0.308 e. The Hall–Kier alpha value is -2.59. The molecule has 0 aromatic heterocycles. The molecule has 0 unspecified atom stereocenters. The summed E-state index contributed by atoms with van der Waals surface area (Å²) in [5, 5.41) is 0. The van der Waals surface area contributed by atoms with Gasteiger partial charge in [-0.25, -0.2) is 0 Å². The molecule has 0 bridgehead atoms. The largest absolute Gasteiger partial charge is 0.460 e. The quantitative estimate of drug-likeness (QED) is 0.206. The fourth-order valence-corrected chi connectivity index (χ4v) is 5.22. The maximum atomic E-state index is 13.2. The summed E-state index contributed by atoms with van der Waals surface area (Å²) < 4.78 is 16.2. The van der Waals surface area contributed by atoms with E-state index in [1.54, 1.807) is 0 Å². The van der Waals surface area contributed by atoms with Crippen LogP contribution in [0.4, 0.5) is 0 Å². The van der Waals surface area contributed by atoms with Gasteiger partial charge in [0.25, 0.3) is 11.8 Å². The van der Waals surface area contributed by atoms with Crippen molar-refractivity contribution < 1.29 is 28.6 Å². The van der Waals surface area contributed by atoms with Crippen LogP contribution in [0.1, 0.15) is 27.2 Å². The third-order valence-electron chi connectivity index (χ3n) is 4.71. The molecule has 0 fully saturated rings. The molecule has 7 nitrogen and oxygen atoms in total. The van der Waals surface area contributed by atoms with Crippen molar-refractivity contribution in [2.45, 2.75) is 42.6 Å². The summed E-state index contributed by atoms with van der Waals surface area (Å²) in [6, 6.07) is 19.1. The van der Waals surface area contributed by atoms with Gasteiger partial charge in [0.15, 0.2) is 0 Å². The average Bonchev–Trinajstić information content (AvgIpc) is 3.05. The highest BCUT2D eigenvalue weighted by Crippen LogP contribution is 2.42. The van der Waals surface area contributed by atoms with Crippen molar-refractivity contribution in [2.75, 3.05) is 33.0 Å². The second kappa shape index (κ2) is 13.6. The van der Waals surface area contributed by atoms with E-state index < -0.39 is 5.60 Å². The molecule has 1 aliphatic rings. The maximum Gasteiger partial charge on any atom is 0.308 e. The molecule has 2 aromatic carbocycles.